The van der Waals surface area contributed by atoms with Gasteiger partial charge in [0.1, 0.15) is 5.76 Å². The van der Waals surface area contributed by atoms with Gasteiger partial charge in [0.05, 0.1) is 18.4 Å². The van der Waals surface area contributed by atoms with Crippen LogP contribution < -0.4 is 10.6 Å². The van der Waals surface area contributed by atoms with E-state index in [1.54, 1.807) is 13.4 Å². The van der Waals surface area contributed by atoms with E-state index in [0.717, 1.165) is 31.2 Å². The SMILES string of the molecule is COC(C)(C)CN=C(NCCc1ccco1)NCC(C)C.I. The van der Waals surface area contributed by atoms with Crippen LogP contribution in [0.5, 0.6) is 0 Å². The van der Waals surface area contributed by atoms with Crippen LogP contribution in [0.4, 0.5) is 0 Å². The highest BCUT2D eigenvalue weighted by Crippen LogP contribution is 2.07. The fraction of sp³-hybridized carbons (Fsp3) is 0.688. The monoisotopic (exact) mass is 423 g/mol. The van der Waals surface area contributed by atoms with Crippen LogP contribution in [0.3, 0.4) is 0 Å². The van der Waals surface area contributed by atoms with Crippen molar-refractivity contribution in [3.63, 3.8) is 0 Å². The molecule has 22 heavy (non-hydrogen) atoms. The van der Waals surface area contributed by atoms with Crippen LogP contribution in [-0.4, -0.2) is 38.3 Å². The molecular weight excluding hydrogens is 393 g/mol. The first-order chi connectivity index (χ1) is 9.93. The minimum Gasteiger partial charge on any atom is -0.469 e. The first-order valence-corrected chi connectivity index (χ1v) is 7.52. The molecule has 6 heteroatoms. The Morgan fingerprint density at radius 2 is 2.09 bits per heavy atom. The number of guanidine groups is 1. The predicted molar refractivity (Wildman–Crippen MR) is 102 cm³/mol. The number of furan rings is 1. The molecule has 128 valence electrons. The average Bonchev–Trinajstić information content (AvgIpc) is 2.94. The molecule has 0 unspecified atom stereocenters. The van der Waals surface area contributed by atoms with E-state index < -0.39 is 0 Å². The van der Waals surface area contributed by atoms with E-state index in [4.69, 9.17) is 9.15 Å². The summed E-state index contributed by atoms with van der Waals surface area (Å²) < 4.78 is 10.7. The van der Waals surface area contributed by atoms with Gasteiger partial charge in [-0.2, -0.15) is 0 Å². The van der Waals surface area contributed by atoms with Crippen LogP contribution in [0.15, 0.2) is 27.8 Å². The van der Waals surface area contributed by atoms with Crippen LogP contribution in [0, 0.1) is 5.92 Å². The molecule has 0 saturated carbocycles. The summed E-state index contributed by atoms with van der Waals surface area (Å²) in [5, 5.41) is 6.68. The molecular formula is C16H30IN3O2. The van der Waals surface area contributed by atoms with E-state index >= 15 is 0 Å². The molecule has 5 nitrogen and oxygen atoms in total. The van der Waals surface area contributed by atoms with Gasteiger partial charge in [-0.25, -0.2) is 0 Å². The molecule has 0 fully saturated rings. The molecule has 0 amide bonds. The van der Waals surface area contributed by atoms with Crippen LogP contribution in [0.2, 0.25) is 0 Å². The second-order valence-electron chi connectivity index (χ2n) is 6.16. The molecule has 0 atom stereocenters. The highest BCUT2D eigenvalue weighted by atomic mass is 127. The van der Waals surface area contributed by atoms with Gasteiger partial charge in [0.15, 0.2) is 5.96 Å². The first kappa shape index (κ1) is 21.2. The topological polar surface area (TPSA) is 58.8 Å². The normalized spacial score (nSPS) is 12.2. The van der Waals surface area contributed by atoms with Gasteiger partial charge in [-0.15, -0.1) is 24.0 Å². The van der Waals surface area contributed by atoms with E-state index in [1.165, 1.54) is 0 Å². The summed E-state index contributed by atoms with van der Waals surface area (Å²) in [6.07, 6.45) is 2.53. The standard InChI is InChI=1S/C16H29N3O2.HI/c1-13(2)11-18-15(19-12-16(3,4)20-5)17-9-8-14-7-6-10-21-14;/h6-7,10,13H,8-9,11-12H2,1-5H3,(H2,17,18,19);1H. The van der Waals surface area contributed by atoms with Gasteiger partial charge in [-0.3, -0.25) is 4.99 Å². The van der Waals surface area contributed by atoms with Gasteiger partial charge in [0.25, 0.3) is 0 Å². The van der Waals surface area contributed by atoms with Crippen molar-refractivity contribution in [3.8, 4) is 0 Å². The summed E-state index contributed by atoms with van der Waals surface area (Å²) in [5.41, 5.74) is -0.256. The number of ether oxygens (including phenoxy) is 1. The van der Waals surface area contributed by atoms with Crippen molar-refractivity contribution in [1.82, 2.24) is 10.6 Å². The summed E-state index contributed by atoms with van der Waals surface area (Å²) >= 11 is 0. The Morgan fingerprint density at radius 1 is 1.36 bits per heavy atom. The molecule has 0 radical (unpaired) electrons. The smallest absolute Gasteiger partial charge is 0.191 e. The second-order valence-corrected chi connectivity index (χ2v) is 6.16. The van der Waals surface area contributed by atoms with Crippen LogP contribution >= 0.6 is 24.0 Å². The Bertz CT molecular complexity index is 417. The third kappa shape index (κ3) is 9.30. The van der Waals surface area contributed by atoms with Crippen molar-refractivity contribution in [2.45, 2.75) is 39.7 Å². The second kappa shape index (κ2) is 10.9. The fourth-order valence-corrected chi connectivity index (χ4v) is 1.57. The molecule has 1 rings (SSSR count). The minimum atomic E-state index is -0.256. The number of aliphatic imine (C=N–C) groups is 1. The Labute approximate surface area is 151 Å². The van der Waals surface area contributed by atoms with Crippen molar-refractivity contribution >= 4 is 29.9 Å². The average molecular weight is 423 g/mol. The zero-order valence-corrected chi connectivity index (χ0v) is 16.6. The number of nitrogens with zero attached hydrogens (tertiary/aromatic N) is 1. The maximum Gasteiger partial charge on any atom is 0.191 e. The van der Waals surface area contributed by atoms with Crippen molar-refractivity contribution in [3.05, 3.63) is 24.2 Å². The lowest BCUT2D eigenvalue weighted by molar-refractivity contribution is 0.0310. The molecule has 2 N–H and O–H groups in total. The summed E-state index contributed by atoms with van der Waals surface area (Å²) in [7, 11) is 1.71. The van der Waals surface area contributed by atoms with Gasteiger partial charge in [-0.1, -0.05) is 13.8 Å². The quantitative estimate of drug-likeness (QED) is 0.384. The zero-order chi connectivity index (χ0) is 15.7. The molecule has 0 saturated heterocycles. The van der Waals surface area contributed by atoms with Crippen LogP contribution in [0.1, 0.15) is 33.5 Å². The van der Waals surface area contributed by atoms with Gasteiger partial charge in [-0.05, 0) is 31.9 Å². The molecule has 0 aliphatic carbocycles. The molecule has 0 aliphatic rings. The van der Waals surface area contributed by atoms with Crippen molar-refractivity contribution in [2.24, 2.45) is 10.9 Å². The minimum absolute atomic E-state index is 0. The van der Waals surface area contributed by atoms with Crippen LogP contribution in [-0.2, 0) is 11.2 Å². The Morgan fingerprint density at radius 3 is 2.64 bits per heavy atom. The van der Waals surface area contributed by atoms with Gasteiger partial charge >= 0.3 is 0 Å². The largest absolute Gasteiger partial charge is 0.469 e. The fourth-order valence-electron chi connectivity index (χ4n) is 1.57. The third-order valence-corrected chi connectivity index (χ3v) is 3.09. The van der Waals surface area contributed by atoms with Crippen molar-refractivity contribution in [1.29, 1.82) is 0 Å². The number of methoxy groups -OCH3 is 1. The number of halogens is 1. The van der Waals surface area contributed by atoms with Gasteiger partial charge < -0.3 is 19.8 Å². The molecule has 0 aliphatic heterocycles. The molecule has 1 aromatic heterocycles. The highest BCUT2D eigenvalue weighted by molar-refractivity contribution is 14.0. The van der Waals surface area contributed by atoms with E-state index in [9.17, 15) is 0 Å². The molecule has 1 heterocycles. The lowest BCUT2D eigenvalue weighted by Gasteiger charge is -2.21. The first-order valence-electron chi connectivity index (χ1n) is 7.52. The molecule has 0 spiro atoms. The number of rotatable bonds is 8. The van der Waals surface area contributed by atoms with Gasteiger partial charge in [0.2, 0.25) is 0 Å². The molecule has 0 bridgehead atoms. The summed E-state index contributed by atoms with van der Waals surface area (Å²) in [4.78, 5) is 4.60. The molecule has 0 aromatic carbocycles. The third-order valence-electron chi connectivity index (χ3n) is 3.09. The highest BCUT2D eigenvalue weighted by Gasteiger charge is 2.15. The lowest BCUT2D eigenvalue weighted by atomic mass is 10.1. The lowest BCUT2D eigenvalue weighted by Crippen LogP contribution is -2.41. The number of hydrogen-bond donors (Lipinski definition) is 2. The Kier molecular flexibility index (Phi) is 10.5. The van der Waals surface area contributed by atoms with E-state index in [1.807, 2.05) is 26.0 Å². The summed E-state index contributed by atoms with van der Waals surface area (Å²) in [5.74, 6) is 2.36. The van der Waals surface area contributed by atoms with Gasteiger partial charge in [0, 0.05) is 26.6 Å². The maximum absolute atomic E-state index is 5.40. The number of nitrogens with one attached hydrogen (secondary N) is 2. The number of hydrogen-bond acceptors (Lipinski definition) is 3. The molecule has 1 aromatic rings. The van der Waals surface area contributed by atoms with Crippen molar-refractivity contribution < 1.29 is 9.15 Å². The van der Waals surface area contributed by atoms with E-state index in [-0.39, 0.29) is 29.6 Å². The summed E-state index contributed by atoms with van der Waals surface area (Å²) in [6, 6.07) is 3.89. The van der Waals surface area contributed by atoms with Crippen molar-refractivity contribution in [2.75, 3.05) is 26.7 Å². The zero-order valence-electron chi connectivity index (χ0n) is 14.3. The maximum atomic E-state index is 5.40. The Hall–Kier alpha value is -0.760. The van der Waals surface area contributed by atoms with E-state index in [0.29, 0.717) is 12.5 Å². The Balaban J connectivity index is 0.00000441. The predicted octanol–water partition coefficient (Wildman–Crippen LogP) is 3.06. The van der Waals surface area contributed by atoms with Crippen LogP contribution in [0.25, 0.3) is 0 Å². The summed E-state index contributed by atoms with van der Waals surface area (Å²) in [6.45, 7) is 10.7. The van der Waals surface area contributed by atoms with E-state index in [2.05, 4.69) is 29.5 Å².